The van der Waals surface area contributed by atoms with Crippen LogP contribution >= 0.6 is 0 Å². The molecule has 4 atom stereocenters. The molecule has 1 heterocycles. The van der Waals surface area contributed by atoms with Gasteiger partial charge in [0, 0.05) is 42.6 Å². The van der Waals surface area contributed by atoms with Crippen molar-refractivity contribution in [1.82, 2.24) is 15.0 Å². The number of allylic oxidation sites excluding steroid dienone is 4. The van der Waals surface area contributed by atoms with Crippen LogP contribution in [0.5, 0.6) is 0 Å². The number of alkyl halides is 1. The SMILES string of the molecule is C#C[C@H]1CCCC2=CC(=O)CC[C@@]21C.CF.C[C@]12CCC(=O)C=C1CCC[C@@H]2c1cn(Cc2ccccc2)nn1.[2H]C.[N-]=[N+]=NCc1ccccc1. The highest BCUT2D eigenvalue weighted by molar-refractivity contribution is 5.92. The molecule has 0 unspecified atom stereocenters. The number of rotatable bonds is 5. The largest absolute Gasteiger partial charge is 0.295 e. The molecule has 2 saturated carbocycles. The number of aromatic nitrogens is 3. The van der Waals surface area contributed by atoms with Crippen LogP contribution < -0.4 is 0 Å². The Kier molecular flexibility index (Phi) is 15.0. The fraction of sp³-hybridized carbons (Fsp3) is 0.476. The van der Waals surface area contributed by atoms with E-state index >= 15 is 0 Å². The average molecular weight is 694 g/mol. The van der Waals surface area contributed by atoms with Crippen molar-refractivity contribution in [3.05, 3.63) is 117 Å². The lowest BCUT2D eigenvalue weighted by Crippen LogP contribution is -2.35. The van der Waals surface area contributed by atoms with Crippen LogP contribution in [-0.2, 0) is 22.7 Å². The number of fused-ring (bicyclic) bond motifs is 2. The number of ketones is 2. The highest BCUT2D eigenvalue weighted by Crippen LogP contribution is 2.54. The summed E-state index contributed by atoms with van der Waals surface area (Å²) in [6, 6.07) is 20.0. The summed E-state index contributed by atoms with van der Waals surface area (Å²) < 4.78 is 17.2. The number of hydrogen-bond acceptors (Lipinski definition) is 5. The van der Waals surface area contributed by atoms with Gasteiger partial charge in [0.15, 0.2) is 11.6 Å². The number of hydrogen-bond donors (Lipinski definition) is 0. The highest BCUT2D eigenvalue weighted by Gasteiger charge is 2.44. The van der Waals surface area contributed by atoms with E-state index in [-0.39, 0.29) is 22.4 Å². The van der Waals surface area contributed by atoms with Crippen molar-refractivity contribution in [1.29, 1.82) is 0 Å². The molecule has 0 amide bonds. The topological polar surface area (TPSA) is 114 Å². The molecule has 270 valence electrons. The predicted octanol–water partition coefficient (Wildman–Crippen LogP) is 10.3. The maximum Gasteiger partial charge on any atom is 0.155 e. The summed E-state index contributed by atoms with van der Waals surface area (Å²) in [7, 11) is 1.75. The molecule has 0 saturated heterocycles. The van der Waals surface area contributed by atoms with Crippen LogP contribution in [0.25, 0.3) is 10.4 Å². The molecule has 0 bridgehead atoms. The van der Waals surface area contributed by atoms with Gasteiger partial charge >= 0.3 is 0 Å². The van der Waals surface area contributed by atoms with Crippen molar-refractivity contribution in [2.24, 2.45) is 21.9 Å². The Morgan fingerprint density at radius 3 is 2.06 bits per heavy atom. The Hall–Kier alpha value is -4.80. The van der Waals surface area contributed by atoms with Crippen LogP contribution in [0.4, 0.5) is 4.39 Å². The van der Waals surface area contributed by atoms with Crippen LogP contribution in [-0.4, -0.2) is 33.7 Å². The van der Waals surface area contributed by atoms with E-state index in [1.165, 1.54) is 24.1 Å². The zero-order valence-electron chi connectivity index (χ0n) is 31.6. The van der Waals surface area contributed by atoms with Crippen molar-refractivity contribution < 1.29 is 15.4 Å². The van der Waals surface area contributed by atoms with Gasteiger partial charge in [-0.3, -0.25) is 14.0 Å². The monoisotopic (exact) mass is 693 g/mol. The number of benzene rings is 2. The first kappa shape index (κ1) is 39.0. The zero-order valence-corrected chi connectivity index (χ0v) is 30.6. The normalized spacial score (nSPS) is 24.7. The van der Waals surface area contributed by atoms with Crippen LogP contribution in [0.1, 0.15) is 110 Å². The van der Waals surface area contributed by atoms with E-state index < -0.39 is 0 Å². The van der Waals surface area contributed by atoms with Crippen molar-refractivity contribution in [2.45, 2.75) is 104 Å². The second-order valence-electron chi connectivity index (χ2n) is 13.9. The summed E-state index contributed by atoms with van der Waals surface area (Å²) in [4.78, 5) is 25.8. The molecular formula is C42H53FN6O2. The number of azide groups is 1. The summed E-state index contributed by atoms with van der Waals surface area (Å²) in [6.07, 6.45) is 21.3. The van der Waals surface area contributed by atoms with Crippen molar-refractivity contribution in [3.63, 3.8) is 0 Å². The van der Waals surface area contributed by atoms with Gasteiger partial charge in [-0.2, -0.15) is 0 Å². The molecular weight excluding hydrogens is 640 g/mol. The second kappa shape index (κ2) is 19.6. The summed E-state index contributed by atoms with van der Waals surface area (Å²) in [6.45, 7) is 5.73. The fourth-order valence-corrected chi connectivity index (χ4v) is 7.85. The van der Waals surface area contributed by atoms with Crippen LogP contribution in [0.2, 0.25) is 0 Å². The van der Waals surface area contributed by atoms with Gasteiger partial charge in [-0.15, -0.1) is 17.4 Å². The van der Waals surface area contributed by atoms with Crippen molar-refractivity contribution >= 4 is 11.6 Å². The average Bonchev–Trinajstić information content (AvgIpc) is 3.64. The van der Waals surface area contributed by atoms with Gasteiger partial charge in [0.25, 0.3) is 0 Å². The first-order chi connectivity index (χ1) is 25.2. The Morgan fingerprint density at radius 1 is 0.922 bits per heavy atom. The lowest BCUT2D eigenvalue weighted by molar-refractivity contribution is -0.116. The number of terminal acetylenes is 1. The number of nitrogens with zero attached hydrogens (tertiary/aromatic N) is 6. The molecule has 4 aliphatic rings. The third-order valence-electron chi connectivity index (χ3n) is 10.8. The first-order valence-corrected chi connectivity index (χ1v) is 17.6. The Bertz CT molecular complexity index is 1740. The third-order valence-corrected chi connectivity index (χ3v) is 10.8. The fourth-order valence-electron chi connectivity index (χ4n) is 7.85. The quantitative estimate of drug-likeness (QED) is 0.114. The molecule has 0 radical (unpaired) electrons. The molecule has 8 nitrogen and oxygen atoms in total. The highest BCUT2D eigenvalue weighted by atomic mass is 19.1. The number of halogens is 1. The minimum Gasteiger partial charge on any atom is -0.295 e. The Labute approximate surface area is 304 Å². The smallest absolute Gasteiger partial charge is 0.155 e. The van der Waals surface area contributed by atoms with E-state index in [0.29, 0.717) is 38.4 Å². The van der Waals surface area contributed by atoms with E-state index in [9.17, 15) is 14.0 Å². The van der Waals surface area contributed by atoms with E-state index in [0.717, 1.165) is 69.2 Å². The van der Waals surface area contributed by atoms with Gasteiger partial charge in [0.05, 0.1) is 26.0 Å². The first-order valence-electron chi connectivity index (χ1n) is 18.6. The minimum atomic E-state index is 0.0692. The molecule has 1 aromatic heterocycles. The standard InChI is InChI=1S/C20H23N3O.C13H16O.C7H7N3.CH3F.CH4/c1-20-11-10-17(24)12-16(20)8-5-9-18(20)19-14-23(22-21-19)13-15-6-3-2-4-7-15;1-3-10-5-4-6-11-9-12(14)7-8-13(10,11)2;8-10-9-6-7-4-2-1-3-5-7;1-2;/h2-4,6-7,12,14,18H,5,8-11,13H2,1H3;1,9-10H,4-8H2,2H3;1-5H,6H2;1H3;1H4/t18-,20+;10-,13+;;;/m10.../s1/i;;;;1D. The molecule has 0 spiro atoms. The van der Waals surface area contributed by atoms with E-state index in [2.05, 4.69) is 58.4 Å². The maximum absolute atomic E-state index is 11.8. The summed E-state index contributed by atoms with van der Waals surface area (Å²) >= 11 is 0. The van der Waals surface area contributed by atoms with Crippen LogP contribution in [0, 0.1) is 29.1 Å². The predicted molar refractivity (Wildman–Crippen MR) is 202 cm³/mol. The molecule has 7 rings (SSSR count). The van der Waals surface area contributed by atoms with Crippen molar-refractivity contribution in [2.75, 3.05) is 7.18 Å². The molecule has 9 heteroatoms. The molecule has 2 fully saturated rings. The Balaban J connectivity index is 0.000000221. The van der Waals surface area contributed by atoms with E-state index in [1.807, 2.05) is 65.4 Å². The zero-order chi connectivity index (χ0) is 38.0. The van der Waals surface area contributed by atoms with Gasteiger partial charge in [0.1, 0.15) is 0 Å². The molecule has 3 aromatic rings. The van der Waals surface area contributed by atoms with Crippen LogP contribution in [0.15, 0.2) is 95.3 Å². The molecule has 0 aliphatic heterocycles. The summed E-state index contributed by atoms with van der Waals surface area (Å²) in [5, 5.41) is 12.3. The second-order valence-corrected chi connectivity index (χ2v) is 13.9. The number of carbonyl (C=O) groups excluding carboxylic acids is 2. The Morgan fingerprint density at radius 2 is 1.47 bits per heavy atom. The van der Waals surface area contributed by atoms with E-state index in [4.69, 9.17) is 13.3 Å². The maximum atomic E-state index is 11.8. The number of carbonyl (C=O) groups is 2. The molecule has 51 heavy (non-hydrogen) atoms. The van der Waals surface area contributed by atoms with Crippen LogP contribution in [0.3, 0.4) is 0 Å². The van der Waals surface area contributed by atoms with E-state index in [1.54, 1.807) is 0 Å². The van der Waals surface area contributed by atoms with Gasteiger partial charge in [0.2, 0.25) is 0 Å². The van der Waals surface area contributed by atoms with Crippen molar-refractivity contribution in [3.8, 4) is 12.3 Å². The third kappa shape index (κ3) is 10.4. The van der Waals surface area contributed by atoms with Gasteiger partial charge in [-0.05, 0) is 85.6 Å². The van der Waals surface area contributed by atoms with Gasteiger partial charge in [-0.25, -0.2) is 4.68 Å². The molecule has 4 aliphatic carbocycles. The van der Waals surface area contributed by atoms with Gasteiger partial charge in [-0.1, -0.05) is 103 Å². The van der Waals surface area contributed by atoms with Gasteiger partial charge < -0.3 is 0 Å². The lowest BCUT2D eigenvalue weighted by atomic mass is 9.59. The minimum absolute atomic E-state index is 0.0692. The lowest BCUT2D eigenvalue weighted by Gasteiger charge is -2.44. The summed E-state index contributed by atoms with van der Waals surface area (Å²) in [5.41, 5.74) is 14.2. The molecule has 2 aromatic carbocycles. The summed E-state index contributed by atoms with van der Waals surface area (Å²) in [5.74, 6) is 4.19. The molecule has 0 N–H and O–H groups in total.